The Morgan fingerprint density at radius 3 is 2.85 bits per heavy atom. The van der Waals surface area contributed by atoms with Gasteiger partial charge in [0.25, 0.3) is 0 Å². The molecule has 0 aliphatic carbocycles. The van der Waals surface area contributed by atoms with Gasteiger partial charge in [0.15, 0.2) is 5.78 Å². The number of nitrogens with zero attached hydrogens (tertiary/aromatic N) is 2. The van der Waals surface area contributed by atoms with E-state index in [0.29, 0.717) is 15.6 Å². The second-order valence-corrected chi connectivity index (χ2v) is 5.89. The van der Waals surface area contributed by atoms with Crippen LogP contribution in [0.1, 0.15) is 40.7 Å². The van der Waals surface area contributed by atoms with Crippen molar-refractivity contribution in [3.63, 3.8) is 0 Å². The predicted octanol–water partition coefficient (Wildman–Crippen LogP) is 3.75. The SMILES string of the molecule is COc1ccc(Cl)cc1CC(=O)c1snnc1C(C)C. The van der Waals surface area contributed by atoms with E-state index in [-0.39, 0.29) is 18.1 Å². The maximum absolute atomic E-state index is 12.4. The lowest BCUT2D eigenvalue weighted by Crippen LogP contribution is -2.07. The molecule has 2 aromatic rings. The van der Waals surface area contributed by atoms with E-state index >= 15 is 0 Å². The van der Waals surface area contributed by atoms with Crippen LogP contribution >= 0.6 is 23.1 Å². The van der Waals surface area contributed by atoms with E-state index in [4.69, 9.17) is 16.3 Å². The van der Waals surface area contributed by atoms with Crippen molar-refractivity contribution in [3.05, 3.63) is 39.4 Å². The van der Waals surface area contributed by atoms with Gasteiger partial charge in [-0.25, -0.2) is 0 Å². The van der Waals surface area contributed by atoms with Crippen molar-refractivity contribution in [2.45, 2.75) is 26.2 Å². The highest BCUT2D eigenvalue weighted by atomic mass is 35.5. The van der Waals surface area contributed by atoms with Crippen LogP contribution in [0.2, 0.25) is 5.02 Å². The predicted molar refractivity (Wildman–Crippen MR) is 80.0 cm³/mol. The van der Waals surface area contributed by atoms with Gasteiger partial charge in [0.1, 0.15) is 10.6 Å². The van der Waals surface area contributed by atoms with Gasteiger partial charge in [-0.05, 0) is 35.6 Å². The number of aromatic nitrogens is 2. The van der Waals surface area contributed by atoms with Crippen LogP contribution in [0.25, 0.3) is 0 Å². The molecule has 0 unspecified atom stereocenters. The van der Waals surface area contributed by atoms with Crippen molar-refractivity contribution in [2.24, 2.45) is 0 Å². The zero-order chi connectivity index (χ0) is 14.7. The van der Waals surface area contributed by atoms with E-state index in [2.05, 4.69) is 9.59 Å². The van der Waals surface area contributed by atoms with Crippen LogP contribution in [0.3, 0.4) is 0 Å². The molecule has 1 heterocycles. The molecule has 2 rings (SSSR count). The molecule has 106 valence electrons. The largest absolute Gasteiger partial charge is 0.496 e. The number of carbonyl (C=O) groups is 1. The molecule has 0 spiro atoms. The lowest BCUT2D eigenvalue weighted by atomic mass is 10.0. The van der Waals surface area contributed by atoms with Crippen molar-refractivity contribution in [1.82, 2.24) is 9.59 Å². The first-order chi connectivity index (χ1) is 9.52. The molecule has 0 fully saturated rings. The van der Waals surface area contributed by atoms with Gasteiger partial charge in [0, 0.05) is 17.0 Å². The second-order valence-electron chi connectivity index (χ2n) is 4.70. The summed E-state index contributed by atoms with van der Waals surface area (Å²) in [5.41, 5.74) is 1.52. The van der Waals surface area contributed by atoms with E-state index < -0.39 is 0 Å². The average molecular weight is 311 g/mol. The zero-order valence-electron chi connectivity index (χ0n) is 11.5. The molecule has 0 atom stereocenters. The summed E-state index contributed by atoms with van der Waals surface area (Å²) in [6, 6.07) is 5.25. The van der Waals surface area contributed by atoms with E-state index in [1.165, 1.54) is 0 Å². The minimum absolute atomic E-state index is 0.00994. The highest BCUT2D eigenvalue weighted by Gasteiger charge is 2.20. The van der Waals surface area contributed by atoms with Crippen molar-refractivity contribution in [2.75, 3.05) is 7.11 Å². The van der Waals surface area contributed by atoms with Gasteiger partial charge in [-0.1, -0.05) is 29.9 Å². The monoisotopic (exact) mass is 310 g/mol. The Hall–Kier alpha value is -1.46. The molecule has 0 aliphatic heterocycles. The normalized spacial score (nSPS) is 10.8. The minimum Gasteiger partial charge on any atom is -0.496 e. The third-order valence-corrected chi connectivity index (χ3v) is 3.92. The lowest BCUT2D eigenvalue weighted by molar-refractivity contribution is 0.0994. The smallest absolute Gasteiger partial charge is 0.180 e. The molecule has 0 aliphatic rings. The maximum Gasteiger partial charge on any atom is 0.180 e. The zero-order valence-corrected chi connectivity index (χ0v) is 13.1. The number of carbonyl (C=O) groups excluding carboxylic acids is 1. The number of methoxy groups -OCH3 is 1. The van der Waals surface area contributed by atoms with Crippen molar-refractivity contribution < 1.29 is 9.53 Å². The van der Waals surface area contributed by atoms with Gasteiger partial charge in [0.05, 0.1) is 12.8 Å². The Labute approximate surface area is 126 Å². The molecular weight excluding hydrogens is 296 g/mol. The number of ether oxygens (including phenoxy) is 1. The van der Waals surface area contributed by atoms with Gasteiger partial charge in [-0.2, -0.15) is 0 Å². The fourth-order valence-electron chi connectivity index (χ4n) is 1.91. The summed E-state index contributed by atoms with van der Waals surface area (Å²) in [6.45, 7) is 3.99. The topological polar surface area (TPSA) is 52.1 Å². The van der Waals surface area contributed by atoms with Crippen LogP contribution in [0.15, 0.2) is 18.2 Å². The molecule has 1 aromatic heterocycles. The fourth-order valence-corrected chi connectivity index (χ4v) is 2.86. The molecular formula is C14H15ClN2O2S. The molecule has 0 N–H and O–H groups in total. The first-order valence-electron chi connectivity index (χ1n) is 6.20. The molecule has 0 amide bonds. The maximum atomic E-state index is 12.4. The molecule has 0 saturated heterocycles. The number of halogens is 1. The van der Waals surface area contributed by atoms with Crippen LogP contribution in [-0.4, -0.2) is 22.5 Å². The quantitative estimate of drug-likeness (QED) is 0.789. The van der Waals surface area contributed by atoms with E-state index in [1.807, 2.05) is 13.8 Å². The molecule has 6 heteroatoms. The fraction of sp³-hybridized carbons (Fsp3) is 0.357. The van der Waals surface area contributed by atoms with Gasteiger partial charge < -0.3 is 4.74 Å². The van der Waals surface area contributed by atoms with Gasteiger partial charge >= 0.3 is 0 Å². The van der Waals surface area contributed by atoms with Crippen LogP contribution < -0.4 is 4.74 Å². The summed E-state index contributed by atoms with van der Waals surface area (Å²) in [7, 11) is 1.57. The Bertz CT molecular complexity index is 625. The first-order valence-corrected chi connectivity index (χ1v) is 7.36. The molecule has 1 aromatic carbocycles. The van der Waals surface area contributed by atoms with Crippen molar-refractivity contribution in [3.8, 4) is 5.75 Å². The van der Waals surface area contributed by atoms with Gasteiger partial charge in [-0.15, -0.1) is 5.10 Å². The first kappa shape index (κ1) is 14.9. The number of hydrogen-bond donors (Lipinski definition) is 0. The summed E-state index contributed by atoms with van der Waals surface area (Å²) in [4.78, 5) is 13.0. The number of hydrogen-bond acceptors (Lipinski definition) is 5. The molecule has 0 saturated carbocycles. The van der Waals surface area contributed by atoms with Gasteiger partial charge in [0.2, 0.25) is 0 Å². The van der Waals surface area contributed by atoms with Crippen LogP contribution in [0, 0.1) is 0 Å². The third-order valence-electron chi connectivity index (χ3n) is 2.91. The molecule has 20 heavy (non-hydrogen) atoms. The Morgan fingerprint density at radius 2 is 2.20 bits per heavy atom. The summed E-state index contributed by atoms with van der Waals surface area (Å²) >= 11 is 7.11. The molecule has 4 nitrogen and oxygen atoms in total. The third kappa shape index (κ3) is 3.16. The Morgan fingerprint density at radius 1 is 1.45 bits per heavy atom. The lowest BCUT2D eigenvalue weighted by Gasteiger charge is -2.08. The number of benzene rings is 1. The summed E-state index contributed by atoms with van der Waals surface area (Å²) < 4.78 is 9.14. The van der Waals surface area contributed by atoms with Crippen LogP contribution in [-0.2, 0) is 6.42 Å². The van der Waals surface area contributed by atoms with E-state index in [9.17, 15) is 4.79 Å². The summed E-state index contributed by atoms with van der Waals surface area (Å²) in [5.74, 6) is 0.824. The molecule has 0 radical (unpaired) electrons. The van der Waals surface area contributed by atoms with E-state index in [0.717, 1.165) is 22.8 Å². The number of rotatable bonds is 5. The average Bonchev–Trinajstić information content (AvgIpc) is 2.88. The number of ketones is 1. The Kier molecular flexibility index (Phi) is 4.73. The molecule has 0 bridgehead atoms. The van der Waals surface area contributed by atoms with Crippen molar-refractivity contribution in [1.29, 1.82) is 0 Å². The van der Waals surface area contributed by atoms with Crippen molar-refractivity contribution >= 4 is 28.9 Å². The van der Waals surface area contributed by atoms with Crippen LogP contribution in [0.4, 0.5) is 0 Å². The van der Waals surface area contributed by atoms with Gasteiger partial charge in [-0.3, -0.25) is 4.79 Å². The highest BCUT2D eigenvalue weighted by Crippen LogP contribution is 2.26. The standard InChI is InChI=1S/C14H15ClN2O2S/c1-8(2)13-14(20-17-16-13)11(18)7-9-6-10(15)4-5-12(9)19-3/h4-6,8H,7H2,1-3H3. The summed E-state index contributed by atoms with van der Waals surface area (Å²) in [5, 5.41) is 4.61. The summed E-state index contributed by atoms with van der Waals surface area (Å²) in [6.07, 6.45) is 0.229. The Balaban J connectivity index is 2.28. The van der Waals surface area contributed by atoms with Crippen LogP contribution in [0.5, 0.6) is 5.75 Å². The highest BCUT2D eigenvalue weighted by molar-refractivity contribution is 7.08. The second kappa shape index (κ2) is 6.33. The van der Waals surface area contributed by atoms with E-state index in [1.54, 1.807) is 25.3 Å². The number of Topliss-reactive ketones (excluding diaryl/α,β-unsaturated/α-hetero) is 1. The minimum atomic E-state index is -0.00994.